The first-order valence-corrected chi connectivity index (χ1v) is 13.8. The Labute approximate surface area is 242 Å². The molecule has 2 heterocycles. The molecule has 194 valence electrons. The average molecular weight is 535 g/mol. The molecule has 4 nitrogen and oxygen atoms in total. The first-order valence-electron chi connectivity index (χ1n) is 13.8. The van der Waals surface area contributed by atoms with Gasteiger partial charge in [0.2, 0.25) is 0 Å². The summed E-state index contributed by atoms with van der Waals surface area (Å²) in [5.41, 5.74) is 9.38. The van der Waals surface area contributed by atoms with Crippen molar-refractivity contribution in [1.29, 1.82) is 10.5 Å². The third kappa shape index (κ3) is 3.40. The Balaban J connectivity index is 1.53. The van der Waals surface area contributed by atoms with E-state index in [9.17, 15) is 10.5 Å². The summed E-state index contributed by atoms with van der Waals surface area (Å²) in [6.07, 6.45) is 0. The molecular formula is C38H22N4. The van der Waals surface area contributed by atoms with Crippen LogP contribution in [0, 0.1) is 22.7 Å². The molecule has 0 N–H and O–H groups in total. The van der Waals surface area contributed by atoms with Gasteiger partial charge in [-0.2, -0.15) is 10.5 Å². The van der Waals surface area contributed by atoms with Gasteiger partial charge >= 0.3 is 0 Å². The molecule has 0 unspecified atom stereocenters. The van der Waals surface area contributed by atoms with Crippen molar-refractivity contribution in [1.82, 2.24) is 9.13 Å². The quantitative estimate of drug-likeness (QED) is 0.227. The molecule has 0 aliphatic heterocycles. The minimum atomic E-state index is 0.466. The summed E-state index contributed by atoms with van der Waals surface area (Å²) in [5.74, 6) is 0. The van der Waals surface area contributed by atoms with Crippen LogP contribution in [0.3, 0.4) is 0 Å². The Bertz CT molecular complexity index is 2430. The molecule has 4 heteroatoms. The molecule has 0 aliphatic carbocycles. The summed E-state index contributed by atoms with van der Waals surface area (Å²) in [6.45, 7) is 0. The fraction of sp³-hybridized carbons (Fsp3) is 0. The van der Waals surface area contributed by atoms with E-state index in [0.717, 1.165) is 60.5 Å². The minimum Gasteiger partial charge on any atom is -0.309 e. The molecule has 0 saturated heterocycles. The van der Waals surface area contributed by atoms with Gasteiger partial charge in [0, 0.05) is 27.2 Å². The third-order valence-electron chi connectivity index (χ3n) is 8.17. The van der Waals surface area contributed by atoms with Gasteiger partial charge in [-0.15, -0.1) is 0 Å². The van der Waals surface area contributed by atoms with Crippen LogP contribution >= 0.6 is 0 Å². The molecule has 2 aromatic heterocycles. The van der Waals surface area contributed by atoms with E-state index in [2.05, 4.69) is 124 Å². The van der Waals surface area contributed by atoms with Crippen molar-refractivity contribution in [2.45, 2.75) is 0 Å². The van der Waals surface area contributed by atoms with Crippen LogP contribution in [0.4, 0.5) is 0 Å². The number of nitriles is 2. The lowest BCUT2D eigenvalue weighted by molar-refractivity contribution is 1.17. The van der Waals surface area contributed by atoms with Crippen molar-refractivity contribution in [3.63, 3.8) is 0 Å². The highest BCUT2D eigenvalue weighted by atomic mass is 15.0. The lowest BCUT2D eigenvalue weighted by Gasteiger charge is -2.12. The molecule has 8 aromatic rings. The Morgan fingerprint density at radius 3 is 1.98 bits per heavy atom. The highest BCUT2D eigenvalue weighted by Crippen LogP contribution is 2.42. The van der Waals surface area contributed by atoms with Crippen LogP contribution in [0.5, 0.6) is 0 Å². The standard InChI is InChI=1S/C38H22N4/c39-23-25-17-19-33(28(21-25)24-40)42-34-15-6-4-13-30(34)31-18-20-36-37(38(31)42)32-14-5-7-16-35(32)41(36)29-12-8-11-27(22-29)26-9-2-1-3-10-26/h1-22H. The van der Waals surface area contributed by atoms with Gasteiger partial charge in [0.05, 0.1) is 45.0 Å². The fourth-order valence-electron chi connectivity index (χ4n) is 6.38. The van der Waals surface area contributed by atoms with E-state index in [1.165, 1.54) is 5.56 Å². The second-order valence-corrected chi connectivity index (χ2v) is 10.4. The number of nitrogens with zero attached hydrogens (tertiary/aromatic N) is 4. The number of hydrogen-bond acceptors (Lipinski definition) is 2. The maximum absolute atomic E-state index is 10.2. The lowest BCUT2D eigenvalue weighted by Crippen LogP contribution is -1.99. The molecule has 0 amide bonds. The number of para-hydroxylation sites is 2. The zero-order chi connectivity index (χ0) is 28.2. The Morgan fingerprint density at radius 1 is 0.476 bits per heavy atom. The normalized spacial score (nSPS) is 11.3. The van der Waals surface area contributed by atoms with Gasteiger partial charge in [0.25, 0.3) is 0 Å². The van der Waals surface area contributed by atoms with E-state index in [0.29, 0.717) is 11.1 Å². The van der Waals surface area contributed by atoms with Gasteiger partial charge in [-0.1, -0.05) is 84.9 Å². The summed E-state index contributed by atoms with van der Waals surface area (Å²) < 4.78 is 4.53. The van der Waals surface area contributed by atoms with E-state index in [4.69, 9.17) is 0 Å². The van der Waals surface area contributed by atoms with E-state index in [-0.39, 0.29) is 0 Å². The van der Waals surface area contributed by atoms with Gasteiger partial charge in [-0.05, 0) is 59.7 Å². The zero-order valence-electron chi connectivity index (χ0n) is 22.5. The smallest absolute Gasteiger partial charge is 0.101 e. The van der Waals surface area contributed by atoms with Crippen LogP contribution in [0.25, 0.3) is 66.1 Å². The van der Waals surface area contributed by atoms with E-state index < -0.39 is 0 Å². The summed E-state index contributed by atoms with van der Waals surface area (Å²) in [4.78, 5) is 0. The molecule has 6 aromatic carbocycles. The molecule has 0 bridgehead atoms. The predicted octanol–water partition coefficient (Wildman–Crippen LogP) is 9.29. The highest BCUT2D eigenvalue weighted by Gasteiger charge is 2.22. The number of rotatable bonds is 3. The van der Waals surface area contributed by atoms with E-state index >= 15 is 0 Å². The molecular weight excluding hydrogens is 512 g/mol. The number of hydrogen-bond donors (Lipinski definition) is 0. The van der Waals surface area contributed by atoms with Crippen molar-refractivity contribution in [2.24, 2.45) is 0 Å². The lowest BCUT2D eigenvalue weighted by atomic mass is 10.1. The first kappa shape index (κ1) is 23.8. The van der Waals surface area contributed by atoms with Crippen LogP contribution in [-0.2, 0) is 0 Å². The SMILES string of the molecule is N#Cc1ccc(-n2c3ccccc3c3ccc4c(c5ccccc5n4-c4cccc(-c5ccccc5)c4)c32)c(C#N)c1. The third-order valence-corrected chi connectivity index (χ3v) is 8.17. The predicted molar refractivity (Wildman–Crippen MR) is 170 cm³/mol. The van der Waals surface area contributed by atoms with Gasteiger partial charge in [0.15, 0.2) is 0 Å². The molecule has 0 aliphatic rings. The molecule has 0 radical (unpaired) electrons. The zero-order valence-corrected chi connectivity index (χ0v) is 22.5. The average Bonchev–Trinajstić information content (AvgIpc) is 3.58. The second kappa shape index (κ2) is 9.24. The van der Waals surface area contributed by atoms with Crippen molar-refractivity contribution in [3.05, 3.63) is 145 Å². The van der Waals surface area contributed by atoms with Crippen LogP contribution in [0.2, 0.25) is 0 Å². The van der Waals surface area contributed by atoms with Crippen LogP contribution in [0.1, 0.15) is 11.1 Å². The van der Waals surface area contributed by atoms with Crippen molar-refractivity contribution in [3.8, 4) is 34.6 Å². The van der Waals surface area contributed by atoms with Crippen molar-refractivity contribution < 1.29 is 0 Å². The van der Waals surface area contributed by atoms with Crippen molar-refractivity contribution in [2.75, 3.05) is 0 Å². The molecule has 0 saturated carbocycles. The Kier molecular flexibility index (Phi) is 5.22. The Hall–Kier alpha value is -6.10. The van der Waals surface area contributed by atoms with E-state index in [1.807, 2.05) is 18.2 Å². The monoisotopic (exact) mass is 534 g/mol. The van der Waals surface area contributed by atoms with Gasteiger partial charge in [-0.3, -0.25) is 0 Å². The topological polar surface area (TPSA) is 57.4 Å². The Morgan fingerprint density at radius 2 is 1.19 bits per heavy atom. The van der Waals surface area contributed by atoms with E-state index in [1.54, 1.807) is 12.1 Å². The number of fused-ring (bicyclic) bond motifs is 7. The largest absolute Gasteiger partial charge is 0.309 e. The van der Waals surface area contributed by atoms with Gasteiger partial charge in [0.1, 0.15) is 6.07 Å². The molecule has 0 fully saturated rings. The summed E-state index contributed by atoms with van der Waals surface area (Å²) in [6, 6.07) is 50.2. The molecule has 0 spiro atoms. The van der Waals surface area contributed by atoms with Crippen molar-refractivity contribution >= 4 is 43.6 Å². The van der Waals surface area contributed by atoms with Gasteiger partial charge < -0.3 is 9.13 Å². The number of aromatic nitrogens is 2. The van der Waals surface area contributed by atoms with Crippen LogP contribution in [0.15, 0.2) is 133 Å². The minimum absolute atomic E-state index is 0.466. The maximum Gasteiger partial charge on any atom is 0.101 e. The fourth-order valence-corrected chi connectivity index (χ4v) is 6.38. The number of benzene rings is 6. The van der Waals surface area contributed by atoms with Crippen LogP contribution < -0.4 is 0 Å². The summed E-state index contributed by atoms with van der Waals surface area (Å²) >= 11 is 0. The highest BCUT2D eigenvalue weighted by molar-refractivity contribution is 6.26. The maximum atomic E-state index is 10.2. The second-order valence-electron chi connectivity index (χ2n) is 10.4. The summed E-state index contributed by atoms with van der Waals surface area (Å²) in [7, 11) is 0. The molecule has 42 heavy (non-hydrogen) atoms. The first-order chi connectivity index (χ1) is 20.8. The van der Waals surface area contributed by atoms with Crippen LogP contribution in [-0.4, -0.2) is 9.13 Å². The van der Waals surface area contributed by atoms with Gasteiger partial charge in [-0.25, -0.2) is 0 Å². The molecule has 8 rings (SSSR count). The molecule has 0 atom stereocenters. The summed E-state index contributed by atoms with van der Waals surface area (Å²) in [5, 5.41) is 24.2.